The maximum atomic E-state index is 13.6. The van der Waals surface area contributed by atoms with Crippen LogP contribution < -0.4 is 19.3 Å². The highest BCUT2D eigenvalue weighted by Gasteiger charge is 2.57. The van der Waals surface area contributed by atoms with Crippen LogP contribution in [0.2, 0.25) is 0 Å². The van der Waals surface area contributed by atoms with Gasteiger partial charge in [-0.1, -0.05) is 60.7 Å². The van der Waals surface area contributed by atoms with Crippen molar-refractivity contribution < 1.29 is 23.8 Å². The minimum atomic E-state index is -0.730. The van der Waals surface area contributed by atoms with Gasteiger partial charge in [-0.25, -0.2) is 4.79 Å². The zero-order valence-corrected chi connectivity index (χ0v) is 24.3. The molecule has 216 valence electrons. The molecule has 3 heterocycles. The summed E-state index contributed by atoms with van der Waals surface area (Å²) in [4.78, 5) is 32.8. The fourth-order valence-electron chi connectivity index (χ4n) is 6.78. The van der Waals surface area contributed by atoms with Crippen LogP contribution in [-0.2, 0) is 21.6 Å². The van der Waals surface area contributed by atoms with E-state index >= 15 is 0 Å². The van der Waals surface area contributed by atoms with E-state index in [1.54, 1.807) is 19.1 Å². The monoisotopic (exact) mass is 565 g/mol. The van der Waals surface area contributed by atoms with Crippen LogP contribution in [0.1, 0.15) is 36.0 Å². The number of methoxy groups -OCH3 is 2. The number of carbonyl (C=O) groups is 2. The lowest BCUT2D eigenvalue weighted by Gasteiger charge is -2.45. The Labute approximate surface area is 246 Å². The average Bonchev–Trinajstić information content (AvgIpc) is 3.34. The minimum absolute atomic E-state index is 0.0100. The van der Waals surface area contributed by atoms with E-state index in [2.05, 4.69) is 18.7 Å². The molecule has 0 N–H and O–H groups in total. The van der Waals surface area contributed by atoms with E-state index in [4.69, 9.17) is 14.2 Å². The molecule has 0 radical (unpaired) electrons. The Balaban J connectivity index is 1.53. The Morgan fingerprint density at radius 3 is 2.45 bits per heavy atom. The zero-order valence-electron chi connectivity index (χ0n) is 24.3. The molecule has 3 aliphatic heterocycles. The van der Waals surface area contributed by atoms with Crippen LogP contribution >= 0.6 is 0 Å². The van der Waals surface area contributed by atoms with Crippen molar-refractivity contribution in [3.05, 3.63) is 107 Å². The molecule has 3 aromatic rings. The number of allylic oxidation sites excluding steroid dienone is 2. The summed E-state index contributed by atoms with van der Waals surface area (Å²) in [5.41, 5.74) is 5.41. The Morgan fingerprint density at radius 2 is 1.71 bits per heavy atom. The average molecular weight is 566 g/mol. The number of likely N-dealkylation sites (N-methyl/N-ethyl adjacent to an activating group) is 1. The quantitative estimate of drug-likeness (QED) is 0.312. The molecular weight excluding hydrogens is 530 g/mol. The van der Waals surface area contributed by atoms with Gasteiger partial charge in [0.15, 0.2) is 11.5 Å². The first kappa shape index (κ1) is 27.4. The van der Waals surface area contributed by atoms with E-state index < -0.39 is 11.5 Å². The van der Waals surface area contributed by atoms with Crippen LogP contribution in [-0.4, -0.2) is 51.3 Å². The molecular formula is C34H35N3O5. The van der Waals surface area contributed by atoms with Crippen molar-refractivity contribution in [1.82, 2.24) is 4.90 Å². The van der Waals surface area contributed by atoms with Crippen molar-refractivity contribution in [1.29, 1.82) is 0 Å². The number of para-hydroxylation sites is 1. The smallest absolute Gasteiger partial charge is 0.414 e. The van der Waals surface area contributed by atoms with Gasteiger partial charge >= 0.3 is 6.09 Å². The van der Waals surface area contributed by atoms with Crippen LogP contribution in [0.15, 0.2) is 90.8 Å². The summed E-state index contributed by atoms with van der Waals surface area (Å²) in [6, 6.07) is 21.8. The van der Waals surface area contributed by atoms with Crippen LogP contribution in [0.5, 0.6) is 11.5 Å². The first-order chi connectivity index (χ1) is 20.5. The highest BCUT2D eigenvalue weighted by molar-refractivity contribution is 6.03. The minimum Gasteiger partial charge on any atom is -0.492 e. The Bertz CT molecular complexity index is 1580. The number of carbonyl (C=O) groups excluding carboxylic acids is 2. The molecule has 8 heteroatoms. The molecule has 3 aromatic carbocycles. The van der Waals surface area contributed by atoms with Gasteiger partial charge in [0, 0.05) is 37.8 Å². The Hall–Kier alpha value is -4.72. The summed E-state index contributed by atoms with van der Waals surface area (Å²) < 4.78 is 17.9. The number of fused-ring (bicyclic) bond motifs is 3. The lowest BCUT2D eigenvalue weighted by atomic mass is 9.68. The summed E-state index contributed by atoms with van der Waals surface area (Å²) >= 11 is 0. The number of hydrogen-bond acceptors (Lipinski definition) is 6. The SMILES string of the molecule is C=CCN(C)c1ccc(C23CCN(C(=O)OCc4ccccc4)C4=C2N(C(=O)CC4)c2ccccc23)c(OC)c1OC. The van der Waals surface area contributed by atoms with E-state index in [-0.39, 0.29) is 12.5 Å². The largest absolute Gasteiger partial charge is 0.492 e. The summed E-state index contributed by atoms with van der Waals surface area (Å²) in [7, 11) is 5.26. The van der Waals surface area contributed by atoms with E-state index in [9.17, 15) is 9.59 Å². The second kappa shape index (κ2) is 10.9. The molecule has 6 rings (SSSR count). The molecule has 0 fully saturated rings. The van der Waals surface area contributed by atoms with E-state index in [0.717, 1.165) is 39.5 Å². The molecule has 0 saturated heterocycles. The molecule has 0 aromatic heterocycles. The van der Waals surface area contributed by atoms with Crippen molar-refractivity contribution in [3.8, 4) is 11.5 Å². The van der Waals surface area contributed by atoms with Crippen molar-refractivity contribution in [2.24, 2.45) is 0 Å². The Morgan fingerprint density at radius 1 is 0.976 bits per heavy atom. The standard InChI is InChI=1S/C34H35N3O5/c1-5-20-35(2)27-16-15-25(30(40-3)31(27)41-4)34-19-21-36(33(39)42-22-23-11-7-6-8-12-23)28-17-18-29(38)37(32(28)34)26-14-10-9-13-24(26)34/h5-16H,1,17-22H2,2-4H3. The van der Waals surface area contributed by atoms with Gasteiger partial charge in [0.05, 0.1) is 36.7 Å². The number of nitrogens with zero attached hydrogens (tertiary/aromatic N) is 3. The predicted octanol–water partition coefficient (Wildman–Crippen LogP) is 6.01. The summed E-state index contributed by atoms with van der Waals surface area (Å²) in [5.74, 6) is 1.22. The van der Waals surface area contributed by atoms with Gasteiger partial charge in [0.1, 0.15) is 6.61 Å². The molecule has 3 aliphatic rings. The van der Waals surface area contributed by atoms with Crippen LogP contribution in [0.4, 0.5) is 16.2 Å². The first-order valence-electron chi connectivity index (χ1n) is 14.2. The third kappa shape index (κ3) is 4.12. The van der Waals surface area contributed by atoms with Gasteiger partial charge in [-0.05, 0) is 36.1 Å². The second-order valence-electron chi connectivity index (χ2n) is 10.8. The fraction of sp³-hybridized carbons (Fsp3) is 0.294. The van der Waals surface area contributed by atoms with Crippen LogP contribution in [0.25, 0.3) is 0 Å². The molecule has 0 spiro atoms. The molecule has 0 aliphatic carbocycles. The van der Waals surface area contributed by atoms with Crippen molar-refractivity contribution in [2.45, 2.75) is 31.3 Å². The van der Waals surface area contributed by atoms with Gasteiger partial charge in [0.25, 0.3) is 0 Å². The van der Waals surface area contributed by atoms with E-state index in [1.165, 1.54) is 0 Å². The number of hydrogen-bond donors (Lipinski definition) is 0. The highest BCUT2D eigenvalue weighted by Crippen LogP contribution is 2.61. The number of rotatable bonds is 8. The van der Waals surface area contributed by atoms with Gasteiger partial charge in [-0.15, -0.1) is 6.58 Å². The number of benzene rings is 3. The molecule has 42 heavy (non-hydrogen) atoms. The van der Waals surface area contributed by atoms with Gasteiger partial charge in [-0.3, -0.25) is 14.6 Å². The summed E-state index contributed by atoms with van der Waals surface area (Å²) in [6.07, 6.45) is 2.71. The molecule has 0 bridgehead atoms. The van der Waals surface area contributed by atoms with Crippen molar-refractivity contribution in [2.75, 3.05) is 44.2 Å². The third-order valence-corrected chi connectivity index (χ3v) is 8.57. The zero-order chi connectivity index (χ0) is 29.4. The molecule has 0 saturated carbocycles. The van der Waals surface area contributed by atoms with Gasteiger partial charge < -0.3 is 19.1 Å². The molecule has 8 nitrogen and oxygen atoms in total. The number of amides is 2. The van der Waals surface area contributed by atoms with Gasteiger partial charge in [-0.2, -0.15) is 0 Å². The van der Waals surface area contributed by atoms with Crippen molar-refractivity contribution in [3.63, 3.8) is 0 Å². The second-order valence-corrected chi connectivity index (χ2v) is 10.8. The molecule has 1 unspecified atom stereocenters. The summed E-state index contributed by atoms with van der Waals surface area (Å²) in [5, 5.41) is 0. The van der Waals surface area contributed by atoms with Crippen molar-refractivity contribution >= 4 is 23.4 Å². The third-order valence-electron chi connectivity index (χ3n) is 8.57. The van der Waals surface area contributed by atoms with E-state index in [0.29, 0.717) is 43.9 Å². The topological polar surface area (TPSA) is 71.6 Å². The maximum Gasteiger partial charge on any atom is 0.414 e. The Kier molecular flexibility index (Phi) is 7.14. The predicted molar refractivity (Wildman–Crippen MR) is 162 cm³/mol. The number of anilines is 2. The highest BCUT2D eigenvalue weighted by atomic mass is 16.6. The first-order valence-corrected chi connectivity index (χ1v) is 14.2. The molecule has 2 amide bonds. The summed E-state index contributed by atoms with van der Waals surface area (Å²) in [6.45, 7) is 5.10. The normalized spacial score (nSPS) is 18.8. The molecule has 1 atom stereocenters. The van der Waals surface area contributed by atoms with E-state index in [1.807, 2.05) is 77.5 Å². The van der Waals surface area contributed by atoms with Gasteiger partial charge in [0.2, 0.25) is 5.91 Å². The van der Waals surface area contributed by atoms with Crippen LogP contribution in [0, 0.1) is 0 Å². The fourth-order valence-corrected chi connectivity index (χ4v) is 6.78. The lowest BCUT2D eigenvalue weighted by Crippen LogP contribution is -2.49. The maximum absolute atomic E-state index is 13.6. The van der Waals surface area contributed by atoms with Crippen LogP contribution in [0.3, 0.4) is 0 Å². The lowest BCUT2D eigenvalue weighted by molar-refractivity contribution is -0.118. The number of ether oxygens (including phenoxy) is 3.